The first-order valence-electron chi connectivity index (χ1n) is 7.89. The minimum Gasteiger partial charge on any atom is -0.481 e. The normalized spacial score (nSPS) is 13.7. The average Bonchev–Trinajstić information content (AvgIpc) is 2.55. The Bertz CT molecular complexity index is 410. The van der Waals surface area contributed by atoms with Gasteiger partial charge < -0.3 is 14.6 Å². The van der Waals surface area contributed by atoms with Crippen molar-refractivity contribution in [3.63, 3.8) is 0 Å². The maximum atomic E-state index is 9.67. The molecule has 0 fully saturated rings. The summed E-state index contributed by atoms with van der Waals surface area (Å²) in [6, 6.07) is 1.65. The number of ether oxygens (including phenoxy) is 2. The molecule has 0 saturated heterocycles. The van der Waals surface area contributed by atoms with Crippen LogP contribution in [0.5, 0.6) is 11.8 Å². The minimum absolute atomic E-state index is 0.0819. The Labute approximate surface area is 137 Å². The highest BCUT2D eigenvalue weighted by molar-refractivity contribution is 7.99. The molecule has 0 aliphatic heterocycles. The molecule has 1 aromatic rings. The molecule has 2 atom stereocenters. The number of methoxy groups -OCH3 is 2. The number of aromatic nitrogens is 2. The summed E-state index contributed by atoms with van der Waals surface area (Å²) in [5.74, 6) is 1.36. The molecule has 1 aromatic heterocycles. The van der Waals surface area contributed by atoms with E-state index < -0.39 is 0 Å². The van der Waals surface area contributed by atoms with Gasteiger partial charge >= 0.3 is 0 Å². The number of hydrogen-bond donors (Lipinski definition) is 1. The molecule has 0 amide bonds. The van der Waals surface area contributed by atoms with Crippen LogP contribution in [-0.2, 0) is 0 Å². The summed E-state index contributed by atoms with van der Waals surface area (Å²) >= 11 is 1.49. The Kier molecular flexibility index (Phi) is 9.24. The number of aliphatic hydroxyl groups is 1. The molecule has 0 aromatic carbocycles. The van der Waals surface area contributed by atoms with Crippen LogP contribution in [0.25, 0.3) is 0 Å². The van der Waals surface area contributed by atoms with Crippen LogP contribution in [0.3, 0.4) is 0 Å². The van der Waals surface area contributed by atoms with Crippen LogP contribution in [0.15, 0.2) is 11.2 Å². The van der Waals surface area contributed by atoms with Gasteiger partial charge in [0.15, 0.2) is 5.16 Å². The summed E-state index contributed by atoms with van der Waals surface area (Å²) in [7, 11) is 3.13. The smallest absolute Gasteiger partial charge is 0.220 e. The number of aliphatic hydroxyl groups excluding tert-OH is 1. The molecule has 126 valence electrons. The number of thioether (sulfide) groups is 1. The summed E-state index contributed by atoms with van der Waals surface area (Å²) < 4.78 is 10.3. The summed E-state index contributed by atoms with van der Waals surface area (Å²) in [6.45, 7) is 4.50. The molecule has 0 radical (unpaired) electrons. The van der Waals surface area contributed by atoms with E-state index in [9.17, 15) is 5.11 Å². The molecular formula is C16H28N2O3S. The quantitative estimate of drug-likeness (QED) is 0.381. The van der Waals surface area contributed by atoms with Gasteiger partial charge in [0.05, 0.1) is 26.9 Å². The molecule has 0 bridgehead atoms. The van der Waals surface area contributed by atoms with Crippen molar-refractivity contribution in [2.24, 2.45) is 5.92 Å². The molecule has 5 nitrogen and oxygen atoms in total. The Hall–Kier alpha value is -1.01. The fourth-order valence-electron chi connectivity index (χ4n) is 2.19. The van der Waals surface area contributed by atoms with Crippen LogP contribution < -0.4 is 9.47 Å². The molecule has 1 N–H and O–H groups in total. The van der Waals surface area contributed by atoms with E-state index in [-0.39, 0.29) is 11.9 Å². The lowest BCUT2D eigenvalue weighted by Crippen LogP contribution is -2.19. The van der Waals surface area contributed by atoms with Crippen molar-refractivity contribution in [2.45, 2.75) is 56.4 Å². The van der Waals surface area contributed by atoms with Gasteiger partial charge in [-0.25, -0.2) is 0 Å². The fourth-order valence-corrected chi connectivity index (χ4v) is 3.19. The first-order valence-corrected chi connectivity index (χ1v) is 8.77. The molecule has 1 rings (SSSR count). The van der Waals surface area contributed by atoms with Gasteiger partial charge in [-0.2, -0.15) is 9.97 Å². The van der Waals surface area contributed by atoms with Crippen molar-refractivity contribution in [3.8, 4) is 11.8 Å². The topological polar surface area (TPSA) is 64.5 Å². The molecule has 0 saturated carbocycles. The molecule has 0 aliphatic carbocycles. The van der Waals surface area contributed by atoms with E-state index in [4.69, 9.17) is 9.47 Å². The van der Waals surface area contributed by atoms with Crippen molar-refractivity contribution in [3.05, 3.63) is 6.07 Å². The Balaban J connectivity index is 2.64. The molecule has 6 heteroatoms. The highest BCUT2D eigenvalue weighted by Crippen LogP contribution is 2.30. The van der Waals surface area contributed by atoms with Crippen molar-refractivity contribution < 1.29 is 14.6 Å². The number of nitrogens with zero attached hydrogens (tertiary/aromatic N) is 2. The van der Waals surface area contributed by atoms with E-state index in [1.165, 1.54) is 37.4 Å². The van der Waals surface area contributed by atoms with E-state index in [0.717, 1.165) is 6.42 Å². The zero-order valence-electron chi connectivity index (χ0n) is 14.0. The zero-order chi connectivity index (χ0) is 16.4. The average molecular weight is 328 g/mol. The lowest BCUT2D eigenvalue weighted by molar-refractivity contribution is 0.264. The summed E-state index contributed by atoms with van der Waals surface area (Å²) in [5, 5.41) is 10.3. The highest BCUT2D eigenvalue weighted by atomic mass is 32.2. The minimum atomic E-state index is 0.0819. The Morgan fingerprint density at radius 3 is 2.27 bits per heavy atom. The second kappa shape index (κ2) is 10.7. The van der Waals surface area contributed by atoms with Gasteiger partial charge in [0.2, 0.25) is 11.8 Å². The first-order chi connectivity index (χ1) is 10.6. The summed E-state index contributed by atoms with van der Waals surface area (Å²) in [6.07, 6.45) is 6.09. The third-order valence-corrected chi connectivity index (χ3v) is 4.97. The van der Waals surface area contributed by atoms with Gasteiger partial charge in [-0.05, 0) is 12.3 Å². The second-order valence-electron chi connectivity index (χ2n) is 5.40. The maximum absolute atomic E-state index is 9.67. The molecule has 0 spiro atoms. The van der Waals surface area contributed by atoms with Crippen LogP contribution >= 0.6 is 11.8 Å². The van der Waals surface area contributed by atoms with Crippen LogP contribution in [-0.4, -0.2) is 41.2 Å². The van der Waals surface area contributed by atoms with E-state index >= 15 is 0 Å². The Morgan fingerprint density at radius 2 is 1.77 bits per heavy atom. The van der Waals surface area contributed by atoms with Gasteiger partial charge in [0.25, 0.3) is 0 Å². The highest BCUT2D eigenvalue weighted by Gasteiger charge is 2.20. The van der Waals surface area contributed by atoms with Gasteiger partial charge in [-0.1, -0.05) is 51.3 Å². The number of hydrogen-bond acceptors (Lipinski definition) is 6. The van der Waals surface area contributed by atoms with Crippen molar-refractivity contribution in [1.82, 2.24) is 9.97 Å². The predicted molar refractivity (Wildman–Crippen MR) is 89.8 cm³/mol. The van der Waals surface area contributed by atoms with Crippen molar-refractivity contribution >= 4 is 11.8 Å². The third kappa shape index (κ3) is 6.40. The standard InChI is InChI=1S/C16H28N2O3S/c1-5-6-7-8-9-12(2)13(11-19)22-16-17-14(20-3)10-15(18-16)21-4/h10,12-13,19H,5-9,11H2,1-4H3. The predicted octanol–water partition coefficient (Wildman–Crippen LogP) is 3.55. The van der Waals surface area contributed by atoms with Crippen LogP contribution in [0.1, 0.15) is 46.0 Å². The van der Waals surface area contributed by atoms with Gasteiger partial charge in [-0.15, -0.1) is 0 Å². The zero-order valence-corrected chi connectivity index (χ0v) is 14.9. The number of rotatable bonds is 11. The van der Waals surface area contributed by atoms with Crippen molar-refractivity contribution in [2.75, 3.05) is 20.8 Å². The van der Waals surface area contributed by atoms with Crippen LogP contribution in [0, 0.1) is 5.92 Å². The molecule has 22 heavy (non-hydrogen) atoms. The second-order valence-corrected chi connectivity index (χ2v) is 6.61. The largest absolute Gasteiger partial charge is 0.481 e. The van der Waals surface area contributed by atoms with Gasteiger partial charge in [0, 0.05) is 5.25 Å². The number of unbranched alkanes of at least 4 members (excludes halogenated alkanes) is 3. The van der Waals surface area contributed by atoms with Crippen LogP contribution in [0.4, 0.5) is 0 Å². The summed E-state index contributed by atoms with van der Waals surface area (Å²) in [4.78, 5) is 8.64. The summed E-state index contributed by atoms with van der Waals surface area (Å²) in [5.41, 5.74) is 0. The molecule has 2 unspecified atom stereocenters. The lowest BCUT2D eigenvalue weighted by Gasteiger charge is -2.21. The van der Waals surface area contributed by atoms with Crippen LogP contribution in [0.2, 0.25) is 0 Å². The molecule has 1 heterocycles. The van der Waals surface area contributed by atoms with Gasteiger partial charge in [0.1, 0.15) is 0 Å². The first kappa shape index (κ1) is 19.0. The van der Waals surface area contributed by atoms with Gasteiger partial charge in [-0.3, -0.25) is 0 Å². The van der Waals surface area contributed by atoms with E-state index in [1.807, 2.05) is 0 Å². The lowest BCUT2D eigenvalue weighted by atomic mass is 9.99. The molecule has 0 aliphatic rings. The van der Waals surface area contributed by atoms with Crippen molar-refractivity contribution in [1.29, 1.82) is 0 Å². The third-order valence-electron chi connectivity index (χ3n) is 3.66. The van der Waals surface area contributed by atoms with E-state index in [1.54, 1.807) is 20.3 Å². The fraction of sp³-hybridized carbons (Fsp3) is 0.750. The maximum Gasteiger partial charge on any atom is 0.220 e. The SMILES string of the molecule is CCCCCCC(C)C(CO)Sc1nc(OC)cc(OC)n1. The van der Waals surface area contributed by atoms with E-state index in [0.29, 0.717) is 22.8 Å². The molecular weight excluding hydrogens is 300 g/mol. The monoisotopic (exact) mass is 328 g/mol. The Morgan fingerprint density at radius 1 is 1.14 bits per heavy atom. The van der Waals surface area contributed by atoms with E-state index in [2.05, 4.69) is 23.8 Å².